The van der Waals surface area contributed by atoms with Gasteiger partial charge < -0.3 is 5.32 Å². The molecule has 130 valence electrons. The van der Waals surface area contributed by atoms with Crippen molar-refractivity contribution in [1.29, 1.82) is 0 Å². The van der Waals surface area contributed by atoms with Crippen LogP contribution in [0.3, 0.4) is 0 Å². The van der Waals surface area contributed by atoms with Crippen molar-refractivity contribution in [2.45, 2.75) is 24.4 Å². The Morgan fingerprint density at radius 2 is 1.96 bits per heavy atom. The van der Waals surface area contributed by atoms with Gasteiger partial charge in [-0.15, -0.1) is 11.8 Å². The molecule has 3 aromatic rings. The largest absolute Gasteiger partial charge is 0.301 e. The Hall–Kier alpha value is -1.89. The van der Waals surface area contributed by atoms with Crippen molar-refractivity contribution < 1.29 is 4.79 Å². The van der Waals surface area contributed by atoms with E-state index < -0.39 is 0 Å². The summed E-state index contributed by atoms with van der Waals surface area (Å²) in [5, 5.41) is 3.59. The fraction of sp³-hybridized carbons (Fsp3) is 0.263. The van der Waals surface area contributed by atoms with Gasteiger partial charge in [-0.25, -0.2) is 4.98 Å². The molecule has 25 heavy (non-hydrogen) atoms. The molecule has 0 unspecified atom stereocenters. The standard InChI is InChI=1S/C19H21N3OS2/c1-13(22(2)12-14-8-10-15(24-3)11-9-14)18(23)21-19-20-16-6-4-5-7-17(16)25-19/h4-11,13H,12H2,1-3H3,(H,20,21,23)/t13-/m0/s1. The number of para-hydroxylation sites is 1. The first-order valence-corrected chi connectivity index (χ1v) is 10.1. The van der Waals surface area contributed by atoms with E-state index in [1.807, 2.05) is 43.1 Å². The fourth-order valence-electron chi connectivity index (χ4n) is 2.49. The van der Waals surface area contributed by atoms with Gasteiger partial charge in [0.25, 0.3) is 0 Å². The number of nitrogens with one attached hydrogen (secondary N) is 1. The first-order chi connectivity index (χ1) is 12.1. The molecule has 1 amide bonds. The number of likely N-dealkylation sites (N-methyl/N-ethyl adjacent to an activating group) is 1. The number of fused-ring (bicyclic) bond motifs is 1. The molecule has 0 radical (unpaired) electrons. The number of benzene rings is 2. The van der Waals surface area contributed by atoms with Crippen LogP contribution in [0.2, 0.25) is 0 Å². The Morgan fingerprint density at radius 1 is 1.24 bits per heavy atom. The number of hydrogen-bond acceptors (Lipinski definition) is 5. The van der Waals surface area contributed by atoms with E-state index in [9.17, 15) is 4.79 Å². The van der Waals surface area contributed by atoms with E-state index >= 15 is 0 Å². The Balaban J connectivity index is 1.62. The molecule has 4 nitrogen and oxygen atoms in total. The number of hydrogen-bond donors (Lipinski definition) is 1. The number of rotatable bonds is 6. The zero-order chi connectivity index (χ0) is 17.8. The lowest BCUT2D eigenvalue weighted by atomic mass is 10.2. The van der Waals surface area contributed by atoms with Crippen molar-refractivity contribution in [1.82, 2.24) is 9.88 Å². The second-order valence-corrected chi connectivity index (χ2v) is 7.83. The van der Waals surface area contributed by atoms with Crippen molar-refractivity contribution in [3.05, 3.63) is 54.1 Å². The monoisotopic (exact) mass is 371 g/mol. The van der Waals surface area contributed by atoms with E-state index in [4.69, 9.17) is 0 Å². The third kappa shape index (κ3) is 4.39. The molecule has 3 rings (SSSR count). The molecule has 1 aromatic heterocycles. The molecular weight excluding hydrogens is 350 g/mol. The molecule has 2 aromatic carbocycles. The van der Waals surface area contributed by atoms with Crippen LogP contribution in [-0.2, 0) is 11.3 Å². The summed E-state index contributed by atoms with van der Waals surface area (Å²) in [4.78, 5) is 20.3. The van der Waals surface area contributed by atoms with E-state index in [-0.39, 0.29) is 11.9 Å². The van der Waals surface area contributed by atoms with Crippen molar-refractivity contribution in [2.75, 3.05) is 18.6 Å². The average Bonchev–Trinajstić information content (AvgIpc) is 3.03. The summed E-state index contributed by atoms with van der Waals surface area (Å²) in [6.07, 6.45) is 2.07. The summed E-state index contributed by atoms with van der Waals surface area (Å²) in [6.45, 7) is 2.64. The van der Waals surface area contributed by atoms with Crippen LogP contribution in [0.5, 0.6) is 0 Å². The SMILES string of the molecule is CSc1ccc(CN(C)[C@@H](C)C(=O)Nc2nc3ccccc3s2)cc1. The molecule has 1 atom stereocenters. The maximum Gasteiger partial charge on any atom is 0.243 e. The molecule has 0 aliphatic rings. The third-order valence-electron chi connectivity index (χ3n) is 4.16. The molecule has 0 saturated heterocycles. The summed E-state index contributed by atoms with van der Waals surface area (Å²) >= 11 is 3.23. The number of aromatic nitrogens is 1. The predicted octanol–water partition coefficient (Wildman–Crippen LogP) is 4.48. The third-order valence-corrected chi connectivity index (χ3v) is 5.85. The lowest BCUT2D eigenvalue weighted by Gasteiger charge is -2.23. The average molecular weight is 372 g/mol. The summed E-state index contributed by atoms with van der Waals surface area (Å²) in [6, 6.07) is 16.1. The number of anilines is 1. The molecule has 0 bridgehead atoms. The van der Waals surface area contributed by atoms with Gasteiger partial charge >= 0.3 is 0 Å². The van der Waals surface area contributed by atoms with E-state index in [0.29, 0.717) is 5.13 Å². The molecule has 0 aliphatic heterocycles. The van der Waals surface area contributed by atoms with Gasteiger partial charge in [0, 0.05) is 11.4 Å². The minimum absolute atomic E-state index is 0.0395. The van der Waals surface area contributed by atoms with Crippen LogP contribution in [0.4, 0.5) is 5.13 Å². The molecule has 0 saturated carbocycles. The van der Waals surface area contributed by atoms with Crippen LogP contribution in [0.1, 0.15) is 12.5 Å². The number of thioether (sulfide) groups is 1. The highest BCUT2D eigenvalue weighted by Crippen LogP contribution is 2.25. The summed E-state index contributed by atoms with van der Waals surface area (Å²) in [5.74, 6) is -0.0395. The van der Waals surface area contributed by atoms with E-state index in [0.717, 1.165) is 16.8 Å². The van der Waals surface area contributed by atoms with Crippen molar-refractivity contribution in [3.8, 4) is 0 Å². The van der Waals surface area contributed by atoms with Crippen molar-refractivity contribution >= 4 is 44.4 Å². The van der Waals surface area contributed by atoms with Crippen LogP contribution in [0, 0.1) is 0 Å². The number of carbonyl (C=O) groups excluding carboxylic acids is 1. The summed E-state index contributed by atoms with van der Waals surface area (Å²) in [5.41, 5.74) is 2.11. The minimum atomic E-state index is -0.243. The second kappa shape index (κ2) is 7.99. The van der Waals surface area contributed by atoms with Crippen LogP contribution < -0.4 is 5.32 Å². The minimum Gasteiger partial charge on any atom is -0.301 e. The molecule has 0 spiro atoms. The number of carbonyl (C=O) groups is 1. The van der Waals surface area contributed by atoms with E-state index in [2.05, 4.69) is 40.8 Å². The van der Waals surface area contributed by atoms with Crippen LogP contribution in [0.15, 0.2) is 53.4 Å². The molecule has 0 fully saturated rings. The Morgan fingerprint density at radius 3 is 2.64 bits per heavy atom. The quantitative estimate of drug-likeness (QED) is 0.649. The maximum absolute atomic E-state index is 12.5. The second-order valence-electron chi connectivity index (χ2n) is 5.92. The lowest BCUT2D eigenvalue weighted by Crippen LogP contribution is -2.39. The van der Waals surface area contributed by atoms with Crippen molar-refractivity contribution in [2.24, 2.45) is 0 Å². The first kappa shape index (κ1) is 17.9. The highest BCUT2D eigenvalue weighted by molar-refractivity contribution is 7.98. The smallest absolute Gasteiger partial charge is 0.243 e. The lowest BCUT2D eigenvalue weighted by molar-refractivity contribution is -0.120. The predicted molar refractivity (Wildman–Crippen MR) is 107 cm³/mol. The number of amides is 1. The molecule has 1 N–H and O–H groups in total. The van der Waals surface area contributed by atoms with E-state index in [1.165, 1.54) is 21.8 Å². The van der Waals surface area contributed by atoms with Gasteiger partial charge in [-0.3, -0.25) is 9.69 Å². The van der Waals surface area contributed by atoms with Gasteiger partial charge in [0.05, 0.1) is 16.3 Å². The molecular formula is C19H21N3OS2. The zero-order valence-corrected chi connectivity index (χ0v) is 16.2. The van der Waals surface area contributed by atoms with Gasteiger partial charge in [0.2, 0.25) is 5.91 Å². The fourth-order valence-corrected chi connectivity index (χ4v) is 3.77. The van der Waals surface area contributed by atoms with Crippen LogP contribution in [0.25, 0.3) is 10.2 Å². The van der Waals surface area contributed by atoms with Gasteiger partial charge in [0.1, 0.15) is 0 Å². The van der Waals surface area contributed by atoms with Crippen molar-refractivity contribution in [3.63, 3.8) is 0 Å². The molecule has 1 heterocycles. The van der Waals surface area contributed by atoms with Gasteiger partial charge in [-0.05, 0) is 50.1 Å². The van der Waals surface area contributed by atoms with Gasteiger partial charge in [-0.2, -0.15) is 0 Å². The van der Waals surface area contributed by atoms with Crippen LogP contribution in [-0.4, -0.2) is 35.1 Å². The van der Waals surface area contributed by atoms with Crippen LogP contribution >= 0.6 is 23.1 Å². The normalized spacial score (nSPS) is 12.5. The van der Waals surface area contributed by atoms with E-state index in [1.54, 1.807) is 11.8 Å². The number of thiazole rings is 1. The van der Waals surface area contributed by atoms with Gasteiger partial charge in [0.15, 0.2) is 5.13 Å². The highest BCUT2D eigenvalue weighted by atomic mass is 32.2. The number of nitrogens with zero attached hydrogens (tertiary/aromatic N) is 2. The zero-order valence-electron chi connectivity index (χ0n) is 14.5. The Bertz CT molecular complexity index is 827. The molecule has 6 heteroatoms. The molecule has 0 aliphatic carbocycles. The topological polar surface area (TPSA) is 45.2 Å². The first-order valence-electron chi connectivity index (χ1n) is 8.06. The maximum atomic E-state index is 12.5. The summed E-state index contributed by atoms with van der Waals surface area (Å²) in [7, 11) is 1.96. The summed E-state index contributed by atoms with van der Waals surface area (Å²) < 4.78 is 1.08. The Labute approximate surface area is 156 Å². The Kier molecular flexibility index (Phi) is 5.73. The van der Waals surface area contributed by atoms with Gasteiger partial charge in [-0.1, -0.05) is 35.6 Å². The highest BCUT2D eigenvalue weighted by Gasteiger charge is 2.19.